The maximum atomic E-state index is 6.01. The molecule has 1 saturated heterocycles. The Morgan fingerprint density at radius 3 is 2.74 bits per heavy atom. The van der Waals surface area contributed by atoms with Crippen molar-refractivity contribution in [2.45, 2.75) is 63.1 Å². The predicted molar refractivity (Wildman–Crippen MR) is 78.2 cm³/mol. The predicted octanol–water partition coefficient (Wildman–Crippen LogP) is 3.83. The highest BCUT2D eigenvalue weighted by Crippen LogP contribution is 2.42. The Kier molecular flexibility index (Phi) is 3.90. The number of rotatable bonds is 4. The molecule has 1 aliphatic carbocycles. The third-order valence-electron chi connectivity index (χ3n) is 4.80. The molecule has 0 radical (unpaired) electrons. The number of hydrogen-bond donors (Lipinski definition) is 1. The van der Waals surface area contributed by atoms with Crippen LogP contribution in [0.1, 0.15) is 57.1 Å². The van der Waals surface area contributed by atoms with Gasteiger partial charge in [0.05, 0.1) is 5.60 Å². The van der Waals surface area contributed by atoms with Gasteiger partial charge in [0.1, 0.15) is 0 Å². The molecule has 0 amide bonds. The Morgan fingerprint density at radius 2 is 2.11 bits per heavy atom. The second-order valence-corrected chi connectivity index (χ2v) is 6.11. The van der Waals surface area contributed by atoms with Crippen molar-refractivity contribution < 1.29 is 4.74 Å². The molecular formula is C17H25NO. The van der Waals surface area contributed by atoms with Gasteiger partial charge in [-0.25, -0.2) is 0 Å². The summed E-state index contributed by atoms with van der Waals surface area (Å²) in [5.41, 5.74) is 1.66. The van der Waals surface area contributed by atoms with Gasteiger partial charge >= 0.3 is 0 Å². The van der Waals surface area contributed by atoms with E-state index < -0.39 is 0 Å². The van der Waals surface area contributed by atoms with Crippen molar-refractivity contribution in [3.63, 3.8) is 0 Å². The molecule has 1 saturated carbocycles. The van der Waals surface area contributed by atoms with Crippen molar-refractivity contribution >= 4 is 0 Å². The van der Waals surface area contributed by atoms with Crippen LogP contribution in [-0.2, 0) is 4.74 Å². The lowest BCUT2D eigenvalue weighted by atomic mass is 9.73. The summed E-state index contributed by atoms with van der Waals surface area (Å²) >= 11 is 0. The molecule has 2 unspecified atom stereocenters. The lowest BCUT2D eigenvalue weighted by Gasteiger charge is -2.48. The van der Waals surface area contributed by atoms with Crippen LogP contribution in [0, 0.1) is 0 Å². The average molecular weight is 259 g/mol. The highest BCUT2D eigenvalue weighted by Gasteiger charge is 2.42. The highest BCUT2D eigenvalue weighted by molar-refractivity contribution is 5.19. The summed E-state index contributed by atoms with van der Waals surface area (Å²) in [5, 5.41) is 3.87. The summed E-state index contributed by atoms with van der Waals surface area (Å²) in [6.45, 7) is 3.20. The first-order chi connectivity index (χ1) is 9.31. The van der Waals surface area contributed by atoms with Crippen molar-refractivity contribution in [2.75, 3.05) is 6.61 Å². The number of benzene rings is 1. The van der Waals surface area contributed by atoms with Gasteiger partial charge in [0.25, 0.3) is 0 Å². The first kappa shape index (κ1) is 13.1. The van der Waals surface area contributed by atoms with E-state index in [2.05, 4.69) is 42.6 Å². The molecule has 2 heteroatoms. The van der Waals surface area contributed by atoms with E-state index in [-0.39, 0.29) is 5.60 Å². The van der Waals surface area contributed by atoms with Crippen molar-refractivity contribution in [3.8, 4) is 0 Å². The van der Waals surface area contributed by atoms with Crippen LogP contribution in [0.25, 0.3) is 0 Å². The van der Waals surface area contributed by atoms with Crippen LogP contribution in [0.2, 0.25) is 0 Å². The quantitative estimate of drug-likeness (QED) is 0.887. The number of nitrogens with one attached hydrogen (secondary N) is 1. The zero-order valence-electron chi connectivity index (χ0n) is 11.9. The molecule has 1 N–H and O–H groups in total. The molecule has 0 bridgehead atoms. The van der Waals surface area contributed by atoms with E-state index in [1.54, 1.807) is 0 Å². The monoisotopic (exact) mass is 259 g/mol. The van der Waals surface area contributed by atoms with E-state index >= 15 is 0 Å². The van der Waals surface area contributed by atoms with E-state index in [9.17, 15) is 0 Å². The van der Waals surface area contributed by atoms with Gasteiger partial charge in [-0.3, -0.25) is 0 Å². The van der Waals surface area contributed by atoms with Crippen molar-refractivity contribution in [1.29, 1.82) is 0 Å². The Hall–Kier alpha value is -0.860. The maximum absolute atomic E-state index is 6.01. The summed E-state index contributed by atoms with van der Waals surface area (Å²) in [6.07, 6.45) is 7.40. The second kappa shape index (κ2) is 5.64. The lowest BCUT2D eigenvalue weighted by Crippen LogP contribution is -2.51. The van der Waals surface area contributed by atoms with Crippen molar-refractivity contribution in [1.82, 2.24) is 5.32 Å². The second-order valence-electron chi connectivity index (χ2n) is 6.11. The fourth-order valence-electron chi connectivity index (χ4n) is 3.51. The molecule has 2 nitrogen and oxygen atoms in total. The molecule has 1 heterocycles. The Morgan fingerprint density at radius 1 is 1.32 bits per heavy atom. The van der Waals surface area contributed by atoms with Gasteiger partial charge in [-0.1, -0.05) is 37.3 Å². The fourth-order valence-corrected chi connectivity index (χ4v) is 3.51. The minimum atomic E-state index is 0.241. The van der Waals surface area contributed by atoms with E-state index in [0.717, 1.165) is 19.4 Å². The van der Waals surface area contributed by atoms with Gasteiger partial charge in [-0.15, -0.1) is 0 Å². The molecule has 1 aliphatic heterocycles. The largest absolute Gasteiger partial charge is 0.375 e. The summed E-state index contributed by atoms with van der Waals surface area (Å²) in [6, 6.07) is 11.9. The Labute approximate surface area is 116 Å². The summed E-state index contributed by atoms with van der Waals surface area (Å²) in [4.78, 5) is 0. The molecule has 2 atom stereocenters. The van der Waals surface area contributed by atoms with Crippen LogP contribution in [-0.4, -0.2) is 18.2 Å². The van der Waals surface area contributed by atoms with Gasteiger partial charge in [-0.2, -0.15) is 0 Å². The van der Waals surface area contributed by atoms with Crippen molar-refractivity contribution in [3.05, 3.63) is 35.9 Å². The molecule has 3 rings (SSSR count). The molecule has 2 aliphatic rings. The minimum Gasteiger partial charge on any atom is -0.375 e. The van der Waals surface area contributed by atoms with Crippen LogP contribution in [0.5, 0.6) is 0 Å². The molecule has 104 valence electrons. The van der Waals surface area contributed by atoms with Gasteiger partial charge in [-0.05, 0) is 44.1 Å². The van der Waals surface area contributed by atoms with E-state index in [0.29, 0.717) is 12.1 Å². The van der Waals surface area contributed by atoms with E-state index in [1.165, 1.54) is 31.2 Å². The third kappa shape index (κ3) is 2.85. The first-order valence-corrected chi connectivity index (χ1v) is 7.76. The molecule has 19 heavy (non-hydrogen) atoms. The first-order valence-electron chi connectivity index (χ1n) is 7.76. The minimum absolute atomic E-state index is 0.241. The molecule has 1 aromatic rings. The van der Waals surface area contributed by atoms with Crippen LogP contribution >= 0.6 is 0 Å². The topological polar surface area (TPSA) is 21.3 Å². The van der Waals surface area contributed by atoms with E-state index in [4.69, 9.17) is 4.74 Å². The normalized spacial score (nSPS) is 26.9. The molecule has 2 fully saturated rings. The van der Waals surface area contributed by atoms with E-state index in [1.807, 2.05) is 0 Å². The molecule has 0 aromatic heterocycles. The maximum Gasteiger partial charge on any atom is 0.0697 e. The summed E-state index contributed by atoms with van der Waals surface area (Å²) in [5.74, 6) is 0. The molecule has 1 aromatic carbocycles. The lowest BCUT2D eigenvalue weighted by molar-refractivity contribution is -0.136. The van der Waals surface area contributed by atoms with Crippen LogP contribution < -0.4 is 5.32 Å². The van der Waals surface area contributed by atoms with Crippen LogP contribution in [0.3, 0.4) is 0 Å². The van der Waals surface area contributed by atoms with Gasteiger partial charge in [0.15, 0.2) is 0 Å². The fraction of sp³-hybridized carbons (Fsp3) is 0.647. The molecular weight excluding hydrogens is 234 g/mol. The number of hydrogen-bond acceptors (Lipinski definition) is 2. The standard InChI is InChI=1S/C17H25NO/c1-2-16(14-7-4-3-5-8-14)18-15-9-12-19-17(13-15)10-6-11-17/h3-5,7-8,15-16,18H,2,6,9-13H2,1H3. The zero-order chi connectivity index (χ0) is 13.1. The summed E-state index contributed by atoms with van der Waals surface area (Å²) in [7, 11) is 0. The number of ether oxygens (including phenoxy) is 1. The van der Waals surface area contributed by atoms with Gasteiger partial charge < -0.3 is 10.1 Å². The van der Waals surface area contributed by atoms with Crippen LogP contribution in [0.15, 0.2) is 30.3 Å². The van der Waals surface area contributed by atoms with Crippen LogP contribution in [0.4, 0.5) is 0 Å². The SMILES string of the molecule is CCC(NC1CCOC2(CCC2)C1)c1ccccc1. The smallest absolute Gasteiger partial charge is 0.0697 e. The van der Waals surface area contributed by atoms with Crippen molar-refractivity contribution in [2.24, 2.45) is 0 Å². The Bertz CT molecular complexity index is 399. The van der Waals surface area contributed by atoms with Gasteiger partial charge in [0, 0.05) is 18.7 Å². The van der Waals surface area contributed by atoms with Gasteiger partial charge in [0.2, 0.25) is 0 Å². The summed E-state index contributed by atoms with van der Waals surface area (Å²) < 4.78 is 6.01. The zero-order valence-corrected chi connectivity index (χ0v) is 11.9. The highest BCUT2D eigenvalue weighted by atomic mass is 16.5. The average Bonchev–Trinajstić information content (AvgIpc) is 2.44. The third-order valence-corrected chi connectivity index (χ3v) is 4.80. The Balaban J connectivity index is 1.63. The molecule has 1 spiro atoms.